The topological polar surface area (TPSA) is 40.5 Å². The number of hydrogen-bond donors (Lipinski definition) is 1. The third-order valence-electron chi connectivity index (χ3n) is 2.84. The standard InChI is InChI=1S/C11H10F3NO2/c12-11(13,14)9-8-4-2-1-3-7(8)5-6-15(9)10(16)17/h1-4,9H,5-6H2,(H,16,17). The van der Waals surface area contributed by atoms with Crippen LogP contribution in [0, 0.1) is 0 Å². The second-order valence-corrected chi connectivity index (χ2v) is 3.87. The molecule has 1 N–H and O–H groups in total. The van der Waals surface area contributed by atoms with Crippen LogP contribution in [0.5, 0.6) is 0 Å². The number of nitrogens with zero attached hydrogens (tertiary/aromatic N) is 1. The predicted octanol–water partition coefficient (Wildman–Crippen LogP) is 2.83. The van der Waals surface area contributed by atoms with E-state index in [1.807, 2.05) is 0 Å². The maximum atomic E-state index is 12.9. The number of halogens is 3. The van der Waals surface area contributed by atoms with E-state index in [1.54, 1.807) is 12.1 Å². The molecule has 17 heavy (non-hydrogen) atoms. The monoisotopic (exact) mass is 245 g/mol. The van der Waals surface area contributed by atoms with Crippen LogP contribution < -0.4 is 0 Å². The fourth-order valence-electron chi connectivity index (χ4n) is 2.13. The summed E-state index contributed by atoms with van der Waals surface area (Å²) in [7, 11) is 0. The normalized spacial score (nSPS) is 19.9. The minimum atomic E-state index is -4.59. The summed E-state index contributed by atoms with van der Waals surface area (Å²) >= 11 is 0. The Kier molecular flexibility index (Phi) is 2.73. The van der Waals surface area contributed by atoms with Crippen molar-refractivity contribution >= 4 is 6.09 Å². The number of benzene rings is 1. The van der Waals surface area contributed by atoms with E-state index in [4.69, 9.17) is 5.11 Å². The number of hydrogen-bond acceptors (Lipinski definition) is 1. The molecular formula is C11H10F3NO2. The number of carboxylic acid groups (broad SMARTS) is 1. The second kappa shape index (κ2) is 3.94. The molecule has 92 valence electrons. The zero-order valence-electron chi connectivity index (χ0n) is 8.74. The quantitative estimate of drug-likeness (QED) is 0.763. The molecule has 0 bridgehead atoms. The molecule has 1 amide bonds. The number of fused-ring (bicyclic) bond motifs is 1. The summed E-state index contributed by atoms with van der Waals surface area (Å²) < 4.78 is 38.8. The maximum Gasteiger partial charge on any atom is 0.413 e. The van der Waals surface area contributed by atoms with Crippen molar-refractivity contribution in [3.05, 3.63) is 35.4 Å². The van der Waals surface area contributed by atoms with Crippen molar-refractivity contribution in [2.24, 2.45) is 0 Å². The first-order chi connectivity index (χ1) is 7.91. The Morgan fingerprint density at radius 1 is 1.35 bits per heavy atom. The summed E-state index contributed by atoms with van der Waals surface area (Å²) in [6.07, 6.45) is -5.81. The van der Waals surface area contributed by atoms with Gasteiger partial charge in [-0.3, -0.25) is 4.90 Å². The van der Waals surface area contributed by atoms with Crippen LogP contribution in [0.2, 0.25) is 0 Å². The van der Waals surface area contributed by atoms with Gasteiger partial charge in [0.1, 0.15) is 0 Å². The van der Waals surface area contributed by atoms with Crippen molar-refractivity contribution in [3.63, 3.8) is 0 Å². The molecule has 1 aliphatic heterocycles. The third-order valence-corrected chi connectivity index (χ3v) is 2.84. The van der Waals surface area contributed by atoms with Gasteiger partial charge in [0.25, 0.3) is 0 Å². The Morgan fingerprint density at radius 2 is 2.00 bits per heavy atom. The van der Waals surface area contributed by atoms with E-state index in [0.717, 1.165) is 0 Å². The minimum Gasteiger partial charge on any atom is -0.465 e. The summed E-state index contributed by atoms with van der Waals surface area (Å²) in [6.45, 7) is -0.128. The Labute approximate surface area is 95.5 Å². The lowest BCUT2D eigenvalue weighted by Crippen LogP contribution is -2.45. The second-order valence-electron chi connectivity index (χ2n) is 3.87. The highest BCUT2D eigenvalue weighted by Gasteiger charge is 2.49. The van der Waals surface area contributed by atoms with Gasteiger partial charge in [-0.25, -0.2) is 4.79 Å². The average Bonchev–Trinajstić information content (AvgIpc) is 2.26. The van der Waals surface area contributed by atoms with Crippen LogP contribution in [-0.2, 0) is 6.42 Å². The SMILES string of the molecule is O=C(O)N1CCc2ccccc2C1C(F)(F)F. The zero-order chi connectivity index (χ0) is 12.6. The van der Waals surface area contributed by atoms with E-state index in [9.17, 15) is 18.0 Å². The van der Waals surface area contributed by atoms with Gasteiger partial charge in [0.05, 0.1) is 0 Å². The van der Waals surface area contributed by atoms with Gasteiger partial charge in [0.2, 0.25) is 0 Å². The average molecular weight is 245 g/mol. The molecule has 0 saturated carbocycles. The van der Waals surface area contributed by atoms with Crippen molar-refractivity contribution < 1.29 is 23.1 Å². The molecule has 1 aromatic rings. The number of alkyl halides is 3. The van der Waals surface area contributed by atoms with Crippen LogP contribution in [-0.4, -0.2) is 28.8 Å². The van der Waals surface area contributed by atoms with Crippen LogP contribution in [0.3, 0.4) is 0 Å². The third kappa shape index (κ3) is 2.07. The zero-order valence-corrected chi connectivity index (χ0v) is 8.74. The number of rotatable bonds is 0. The highest BCUT2D eigenvalue weighted by atomic mass is 19.4. The predicted molar refractivity (Wildman–Crippen MR) is 53.7 cm³/mol. The Balaban J connectivity index is 2.50. The highest BCUT2D eigenvalue weighted by Crippen LogP contribution is 2.41. The molecule has 0 fully saturated rings. The molecule has 1 unspecified atom stereocenters. The van der Waals surface area contributed by atoms with Gasteiger partial charge >= 0.3 is 12.3 Å². The van der Waals surface area contributed by atoms with E-state index < -0.39 is 18.3 Å². The van der Waals surface area contributed by atoms with Crippen LogP contribution in [0.4, 0.5) is 18.0 Å². The first kappa shape index (κ1) is 11.8. The molecule has 3 nitrogen and oxygen atoms in total. The van der Waals surface area contributed by atoms with Crippen LogP contribution in [0.25, 0.3) is 0 Å². The largest absolute Gasteiger partial charge is 0.465 e. The summed E-state index contributed by atoms with van der Waals surface area (Å²) in [4.78, 5) is 11.3. The molecule has 2 rings (SSSR count). The fourth-order valence-corrected chi connectivity index (χ4v) is 2.13. The van der Waals surface area contributed by atoms with E-state index in [2.05, 4.69) is 0 Å². The first-order valence-corrected chi connectivity index (χ1v) is 5.05. The molecule has 1 heterocycles. The van der Waals surface area contributed by atoms with Gasteiger partial charge in [-0.1, -0.05) is 24.3 Å². The lowest BCUT2D eigenvalue weighted by atomic mass is 9.92. The number of carbonyl (C=O) groups is 1. The fraction of sp³-hybridized carbons (Fsp3) is 0.364. The molecular weight excluding hydrogens is 235 g/mol. The first-order valence-electron chi connectivity index (χ1n) is 5.05. The summed E-state index contributed by atoms with van der Waals surface area (Å²) in [6, 6.07) is 4.03. The molecule has 1 aromatic carbocycles. The van der Waals surface area contributed by atoms with Gasteiger partial charge in [-0.2, -0.15) is 13.2 Å². The van der Waals surface area contributed by atoms with Gasteiger partial charge in [-0.05, 0) is 17.5 Å². The Bertz CT molecular complexity index is 445. The molecule has 0 spiro atoms. The van der Waals surface area contributed by atoms with Crippen LogP contribution >= 0.6 is 0 Å². The van der Waals surface area contributed by atoms with E-state index in [0.29, 0.717) is 16.9 Å². The molecule has 0 aromatic heterocycles. The molecule has 6 heteroatoms. The van der Waals surface area contributed by atoms with Gasteiger partial charge in [-0.15, -0.1) is 0 Å². The Hall–Kier alpha value is -1.72. The van der Waals surface area contributed by atoms with Gasteiger partial charge in [0.15, 0.2) is 6.04 Å². The lowest BCUT2D eigenvalue weighted by molar-refractivity contribution is -0.182. The van der Waals surface area contributed by atoms with Crippen LogP contribution in [0.15, 0.2) is 24.3 Å². The molecule has 0 radical (unpaired) electrons. The van der Waals surface area contributed by atoms with Crippen molar-refractivity contribution in [1.29, 1.82) is 0 Å². The maximum absolute atomic E-state index is 12.9. The smallest absolute Gasteiger partial charge is 0.413 e. The van der Waals surface area contributed by atoms with Gasteiger partial charge < -0.3 is 5.11 Å². The summed E-state index contributed by atoms with van der Waals surface area (Å²) in [5.41, 5.74) is 0.598. The molecule has 1 atom stereocenters. The van der Waals surface area contributed by atoms with Gasteiger partial charge in [0, 0.05) is 6.54 Å². The van der Waals surface area contributed by atoms with E-state index in [1.165, 1.54) is 12.1 Å². The van der Waals surface area contributed by atoms with E-state index >= 15 is 0 Å². The van der Waals surface area contributed by atoms with E-state index in [-0.39, 0.29) is 12.1 Å². The van der Waals surface area contributed by atoms with Crippen molar-refractivity contribution in [1.82, 2.24) is 4.90 Å². The Morgan fingerprint density at radius 3 is 2.59 bits per heavy atom. The van der Waals surface area contributed by atoms with Crippen molar-refractivity contribution in [2.45, 2.75) is 18.6 Å². The summed E-state index contributed by atoms with van der Waals surface area (Å²) in [5, 5.41) is 8.82. The van der Waals surface area contributed by atoms with Crippen LogP contribution in [0.1, 0.15) is 17.2 Å². The lowest BCUT2D eigenvalue weighted by Gasteiger charge is -2.36. The highest BCUT2D eigenvalue weighted by molar-refractivity contribution is 5.66. The molecule has 0 saturated heterocycles. The van der Waals surface area contributed by atoms with Crippen molar-refractivity contribution in [3.8, 4) is 0 Å². The summed E-state index contributed by atoms with van der Waals surface area (Å²) in [5.74, 6) is 0. The molecule has 1 aliphatic rings. The molecule has 0 aliphatic carbocycles. The number of amides is 1. The minimum absolute atomic E-state index is 0.0358. The van der Waals surface area contributed by atoms with Crippen molar-refractivity contribution in [2.75, 3.05) is 6.54 Å².